The topological polar surface area (TPSA) is 113 Å². The van der Waals surface area contributed by atoms with E-state index in [-0.39, 0.29) is 18.2 Å². The van der Waals surface area contributed by atoms with Crippen LogP contribution < -0.4 is 16.2 Å². The molecule has 0 fully saturated rings. The molecule has 0 spiro atoms. The molecule has 144 valence electrons. The molecule has 7 nitrogen and oxygen atoms in total. The van der Waals surface area contributed by atoms with Gasteiger partial charge < -0.3 is 25.5 Å². The lowest BCUT2D eigenvalue weighted by Crippen LogP contribution is -2.17. The van der Waals surface area contributed by atoms with Crippen LogP contribution in [0, 0.1) is 6.92 Å². The molecule has 3 rings (SSSR count). The number of carbonyl (C=O) groups is 1. The summed E-state index contributed by atoms with van der Waals surface area (Å²) in [6.45, 7) is 1.97. The number of nitrogens with zero attached hydrogens (tertiary/aromatic N) is 1. The maximum Gasteiger partial charge on any atom is 0.400 e. The molecule has 0 aliphatic heterocycles. The van der Waals surface area contributed by atoms with Crippen LogP contribution >= 0.6 is 15.9 Å². The quantitative estimate of drug-likeness (QED) is 0.196. The number of amidine groups is 1. The molecule has 0 amide bonds. The van der Waals surface area contributed by atoms with Crippen LogP contribution in [0.3, 0.4) is 0 Å². The van der Waals surface area contributed by atoms with E-state index in [9.17, 15) is 4.79 Å². The summed E-state index contributed by atoms with van der Waals surface area (Å²) in [5.74, 6) is 0.426. The second-order valence-electron chi connectivity index (χ2n) is 5.88. The van der Waals surface area contributed by atoms with E-state index < -0.39 is 5.97 Å². The minimum atomic E-state index is -0.764. The third kappa shape index (κ3) is 4.72. The summed E-state index contributed by atoms with van der Waals surface area (Å²) in [6.07, 6.45) is 0. The first kappa shape index (κ1) is 19.5. The van der Waals surface area contributed by atoms with Crippen molar-refractivity contribution in [2.75, 3.05) is 5.73 Å². The van der Waals surface area contributed by atoms with Gasteiger partial charge in [-0.25, -0.2) is 4.79 Å². The lowest BCUT2D eigenvalue weighted by Gasteiger charge is -2.06. The van der Waals surface area contributed by atoms with Gasteiger partial charge in [-0.1, -0.05) is 33.2 Å². The second kappa shape index (κ2) is 8.62. The Kier molecular flexibility index (Phi) is 6.00. The Morgan fingerprint density at radius 1 is 1.14 bits per heavy atom. The van der Waals surface area contributed by atoms with Gasteiger partial charge in [-0.3, -0.25) is 0 Å². The summed E-state index contributed by atoms with van der Waals surface area (Å²) in [4.78, 5) is 17.0. The molecule has 0 atom stereocenters. The van der Waals surface area contributed by atoms with E-state index in [2.05, 4.69) is 21.1 Å². The molecule has 0 saturated heterocycles. The Labute approximate surface area is 170 Å². The smallest absolute Gasteiger partial charge is 0.400 e. The Hall–Kier alpha value is -3.26. The Morgan fingerprint density at radius 3 is 2.64 bits per heavy atom. The highest BCUT2D eigenvalue weighted by molar-refractivity contribution is 9.10. The van der Waals surface area contributed by atoms with E-state index in [0.717, 1.165) is 10.0 Å². The number of rotatable bonds is 6. The zero-order valence-corrected chi connectivity index (χ0v) is 16.6. The second-order valence-corrected chi connectivity index (χ2v) is 6.80. The van der Waals surface area contributed by atoms with Crippen molar-refractivity contribution in [3.8, 4) is 5.75 Å². The van der Waals surface area contributed by atoms with E-state index in [4.69, 9.17) is 25.5 Å². The fourth-order valence-electron chi connectivity index (χ4n) is 2.37. The Bertz CT molecular complexity index is 1010. The van der Waals surface area contributed by atoms with Crippen molar-refractivity contribution in [1.82, 2.24) is 0 Å². The first-order valence-electron chi connectivity index (χ1n) is 8.31. The van der Waals surface area contributed by atoms with Crippen molar-refractivity contribution in [3.63, 3.8) is 0 Å². The average molecular weight is 444 g/mol. The number of hydrogen-bond donors (Lipinski definition) is 2. The van der Waals surface area contributed by atoms with Crippen molar-refractivity contribution in [1.29, 1.82) is 0 Å². The maximum atomic E-state index is 12.1. The van der Waals surface area contributed by atoms with Crippen LogP contribution in [-0.4, -0.2) is 11.8 Å². The van der Waals surface area contributed by atoms with E-state index in [1.807, 2.05) is 24.3 Å². The molecule has 0 aliphatic carbocycles. The van der Waals surface area contributed by atoms with Crippen LogP contribution in [0.5, 0.6) is 5.75 Å². The van der Waals surface area contributed by atoms with Gasteiger partial charge in [0.1, 0.15) is 18.1 Å². The highest BCUT2D eigenvalue weighted by Gasteiger charge is 2.14. The molecule has 1 aromatic heterocycles. The number of anilines is 1. The number of carbonyl (C=O) groups excluding carboxylic acids is 1. The lowest BCUT2D eigenvalue weighted by molar-refractivity contribution is 0.0475. The van der Waals surface area contributed by atoms with Crippen molar-refractivity contribution in [3.05, 3.63) is 81.7 Å². The molecule has 1 heterocycles. The zero-order chi connectivity index (χ0) is 20.1. The number of benzene rings is 2. The number of nitrogens with two attached hydrogens (primary N) is 2. The van der Waals surface area contributed by atoms with E-state index in [1.54, 1.807) is 31.2 Å². The Morgan fingerprint density at radius 2 is 1.89 bits per heavy atom. The van der Waals surface area contributed by atoms with E-state index in [1.165, 1.54) is 6.07 Å². The van der Waals surface area contributed by atoms with Crippen molar-refractivity contribution in [2.45, 2.75) is 13.5 Å². The molecule has 0 aliphatic rings. The monoisotopic (exact) mass is 443 g/mol. The fourth-order valence-corrected chi connectivity index (χ4v) is 2.63. The van der Waals surface area contributed by atoms with Gasteiger partial charge in [0.25, 0.3) is 0 Å². The van der Waals surface area contributed by atoms with Crippen molar-refractivity contribution < 1.29 is 18.8 Å². The van der Waals surface area contributed by atoms with E-state index >= 15 is 0 Å². The number of nitrogen functional groups attached to an aromatic ring is 1. The number of oxime groups is 1. The third-order valence-electron chi connectivity index (χ3n) is 3.94. The fraction of sp³-hybridized carbons (Fsp3) is 0.100. The van der Waals surface area contributed by atoms with Crippen LogP contribution in [0.2, 0.25) is 0 Å². The molecular formula is C20H18BrN3O4. The minimum Gasteiger partial charge on any atom is -0.486 e. The van der Waals surface area contributed by atoms with Gasteiger partial charge in [0.15, 0.2) is 5.84 Å². The first-order valence-corrected chi connectivity index (χ1v) is 9.10. The highest BCUT2D eigenvalue weighted by atomic mass is 79.9. The van der Waals surface area contributed by atoms with Crippen molar-refractivity contribution in [2.24, 2.45) is 10.9 Å². The molecule has 2 aromatic carbocycles. The number of halogens is 1. The largest absolute Gasteiger partial charge is 0.486 e. The molecule has 3 aromatic rings. The van der Waals surface area contributed by atoms with Crippen molar-refractivity contribution >= 4 is 33.4 Å². The van der Waals surface area contributed by atoms with Gasteiger partial charge in [0.05, 0.1) is 0 Å². The van der Waals surface area contributed by atoms with Gasteiger partial charge in [0, 0.05) is 15.7 Å². The number of ether oxygens (including phenoxy) is 1. The van der Waals surface area contributed by atoms with Crippen LogP contribution in [0.15, 0.2) is 68.6 Å². The summed E-state index contributed by atoms with van der Waals surface area (Å²) >= 11 is 3.36. The van der Waals surface area contributed by atoms with Crippen LogP contribution in [0.25, 0.3) is 0 Å². The molecule has 0 unspecified atom stereocenters. The minimum absolute atomic E-state index is 0.00439. The van der Waals surface area contributed by atoms with Gasteiger partial charge in [-0.05, 0) is 55.0 Å². The third-order valence-corrected chi connectivity index (χ3v) is 4.46. The molecule has 28 heavy (non-hydrogen) atoms. The first-order chi connectivity index (χ1) is 13.4. The number of furan rings is 1. The van der Waals surface area contributed by atoms with Crippen LogP contribution in [0.4, 0.5) is 5.69 Å². The predicted molar refractivity (Wildman–Crippen MR) is 109 cm³/mol. The van der Waals surface area contributed by atoms with Gasteiger partial charge in [-0.2, -0.15) is 0 Å². The number of hydrogen-bond acceptors (Lipinski definition) is 6. The summed E-state index contributed by atoms with van der Waals surface area (Å²) < 4.78 is 12.0. The van der Waals surface area contributed by atoms with Crippen LogP contribution in [0.1, 0.15) is 27.4 Å². The standard InChI is InChI=1S/C20H18BrN3O4/c1-12-16(3-2-4-17(12)22)19(23)24-28-20(25)18-10-9-15(27-18)11-26-14-7-5-13(21)6-8-14/h2-10H,11,22H2,1H3,(H2,23,24). The zero-order valence-electron chi connectivity index (χ0n) is 15.0. The van der Waals surface area contributed by atoms with Gasteiger partial charge in [0.2, 0.25) is 5.76 Å². The lowest BCUT2D eigenvalue weighted by atomic mass is 10.1. The molecule has 4 N–H and O–H groups in total. The summed E-state index contributed by atoms with van der Waals surface area (Å²) in [5, 5.41) is 3.68. The highest BCUT2D eigenvalue weighted by Crippen LogP contribution is 2.19. The normalized spacial score (nSPS) is 11.3. The summed E-state index contributed by atoms with van der Waals surface area (Å²) in [6, 6.07) is 15.7. The van der Waals surface area contributed by atoms with E-state index in [0.29, 0.717) is 22.8 Å². The molecule has 0 saturated carbocycles. The van der Waals surface area contributed by atoms with Gasteiger partial charge in [-0.15, -0.1) is 0 Å². The molecule has 8 heteroatoms. The average Bonchev–Trinajstić information content (AvgIpc) is 3.17. The van der Waals surface area contributed by atoms with Crippen LogP contribution in [-0.2, 0) is 11.4 Å². The predicted octanol–water partition coefficient (Wildman–Crippen LogP) is 3.99. The SMILES string of the molecule is Cc1c(N)cccc1/C(N)=N/OC(=O)c1ccc(COc2ccc(Br)cc2)o1. The Balaban J connectivity index is 1.60. The summed E-state index contributed by atoms with van der Waals surface area (Å²) in [5.41, 5.74) is 13.6. The molecule has 0 bridgehead atoms. The summed E-state index contributed by atoms with van der Waals surface area (Å²) in [7, 11) is 0. The molecule has 0 radical (unpaired) electrons. The maximum absolute atomic E-state index is 12.1. The molecular weight excluding hydrogens is 426 g/mol. The van der Waals surface area contributed by atoms with Gasteiger partial charge >= 0.3 is 5.97 Å².